The molecule has 1 aliphatic carbocycles. The number of likely N-dealkylation sites (tertiary alicyclic amines) is 1. The average molecular weight is 545 g/mol. The standard InChI is InChI=1S/C31H40N6O3/c1-40-27-17-22(31(39)35-10-3-6-23(32)19-35)15-24-29(27)37(18-20-8-9-20)30(33-24)26-16-21-5-2-7-25-28(21)36(26)13-12-34(25)11-4-14-38/h2,5,7,15-17,20,23,30,33,38H,3-4,6,8-14,18-19,32H2,1H3. The first-order chi connectivity index (χ1) is 19.6. The zero-order valence-corrected chi connectivity index (χ0v) is 23.3. The van der Waals surface area contributed by atoms with Crippen molar-refractivity contribution in [1.82, 2.24) is 9.47 Å². The number of ether oxygens (including phenoxy) is 1. The third kappa shape index (κ3) is 4.36. The van der Waals surface area contributed by atoms with Gasteiger partial charge in [-0.2, -0.15) is 0 Å². The lowest BCUT2D eigenvalue weighted by molar-refractivity contribution is 0.0708. The van der Waals surface area contributed by atoms with Crippen LogP contribution < -0.4 is 25.6 Å². The first kappa shape index (κ1) is 25.5. The fourth-order valence-corrected chi connectivity index (χ4v) is 6.92. The molecule has 3 aliphatic heterocycles. The monoisotopic (exact) mass is 544 g/mol. The molecule has 4 N–H and O–H groups in total. The second kappa shape index (κ2) is 10.2. The van der Waals surface area contributed by atoms with Crippen molar-refractivity contribution in [2.45, 2.75) is 50.9 Å². The van der Waals surface area contributed by atoms with Crippen molar-refractivity contribution in [3.05, 3.63) is 47.7 Å². The molecule has 2 atom stereocenters. The Hall–Kier alpha value is -3.43. The van der Waals surface area contributed by atoms with Crippen LogP contribution in [-0.2, 0) is 6.54 Å². The van der Waals surface area contributed by atoms with Crippen molar-refractivity contribution < 1.29 is 14.6 Å². The Kier molecular flexibility index (Phi) is 6.51. The number of benzene rings is 2. The summed E-state index contributed by atoms with van der Waals surface area (Å²) in [4.78, 5) is 20.3. The third-order valence-corrected chi connectivity index (χ3v) is 9.06. The molecule has 4 heterocycles. The van der Waals surface area contributed by atoms with Gasteiger partial charge in [0.1, 0.15) is 17.6 Å². The van der Waals surface area contributed by atoms with E-state index < -0.39 is 0 Å². The molecule has 2 fully saturated rings. The van der Waals surface area contributed by atoms with Crippen molar-refractivity contribution in [3.63, 3.8) is 0 Å². The molecule has 0 radical (unpaired) electrons. The van der Waals surface area contributed by atoms with Gasteiger partial charge < -0.3 is 40.2 Å². The zero-order chi connectivity index (χ0) is 27.4. The Morgan fingerprint density at radius 2 is 2.02 bits per heavy atom. The Morgan fingerprint density at radius 3 is 2.80 bits per heavy atom. The first-order valence-corrected chi connectivity index (χ1v) is 14.8. The lowest BCUT2D eigenvalue weighted by Gasteiger charge is -2.33. The molecule has 1 saturated carbocycles. The molecule has 0 bridgehead atoms. The smallest absolute Gasteiger partial charge is 0.254 e. The van der Waals surface area contributed by atoms with Gasteiger partial charge in [0.05, 0.1) is 29.7 Å². The van der Waals surface area contributed by atoms with Gasteiger partial charge >= 0.3 is 0 Å². The average Bonchev–Trinajstić information content (AvgIpc) is 3.62. The van der Waals surface area contributed by atoms with Crippen LogP contribution in [0.3, 0.4) is 0 Å². The molecule has 40 heavy (non-hydrogen) atoms. The van der Waals surface area contributed by atoms with Gasteiger partial charge in [-0.05, 0) is 62.3 Å². The number of aromatic nitrogens is 1. The number of carbonyl (C=O) groups excluding carboxylic acids is 1. The Morgan fingerprint density at radius 1 is 1.15 bits per heavy atom. The minimum Gasteiger partial charge on any atom is -0.494 e. The highest BCUT2D eigenvalue weighted by atomic mass is 16.5. The summed E-state index contributed by atoms with van der Waals surface area (Å²) in [5.41, 5.74) is 12.6. The summed E-state index contributed by atoms with van der Waals surface area (Å²) in [6.45, 7) is 5.15. The maximum atomic E-state index is 13.6. The van der Waals surface area contributed by atoms with Crippen LogP contribution in [0.15, 0.2) is 36.4 Å². The number of rotatable bonds is 8. The number of hydrogen-bond acceptors (Lipinski definition) is 7. The van der Waals surface area contributed by atoms with Crippen LogP contribution in [0, 0.1) is 5.92 Å². The van der Waals surface area contributed by atoms with Gasteiger partial charge in [-0.3, -0.25) is 4.79 Å². The summed E-state index contributed by atoms with van der Waals surface area (Å²) in [5.74, 6) is 1.43. The van der Waals surface area contributed by atoms with E-state index >= 15 is 0 Å². The van der Waals surface area contributed by atoms with Gasteiger partial charge in [0, 0.05) is 62.9 Å². The normalized spacial score (nSPS) is 22.0. The lowest BCUT2D eigenvalue weighted by atomic mass is 10.0. The van der Waals surface area contributed by atoms with Crippen LogP contribution in [0.1, 0.15) is 54.3 Å². The number of aliphatic hydroxyl groups is 1. The van der Waals surface area contributed by atoms with Crippen LogP contribution in [0.2, 0.25) is 0 Å². The molecule has 3 aromatic rings. The number of hydrogen-bond donors (Lipinski definition) is 3. The summed E-state index contributed by atoms with van der Waals surface area (Å²) < 4.78 is 8.43. The number of aliphatic hydroxyl groups excluding tert-OH is 1. The number of carbonyl (C=O) groups is 1. The van der Waals surface area contributed by atoms with E-state index in [0.717, 1.165) is 69.1 Å². The highest BCUT2D eigenvalue weighted by Crippen LogP contribution is 2.50. The summed E-state index contributed by atoms with van der Waals surface area (Å²) >= 11 is 0. The van der Waals surface area contributed by atoms with Gasteiger partial charge in [0.2, 0.25) is 0 Å². The molecular formula is C31H40N6O3. The molecule has 0 spiro atoms. The van der Waals surface area contributed by atoms with Gasteiger partial charge in [-0.1, -0.05) is 12.1 Å². The maximum Gasteiger partial charge on any atom is 0.254 e. The minimum absolute atomic E-state index is 0.0198. The highest BCUT2D eigenvalue weighted by molar-refractivity contribution is 5.99. The SMILES string of the molecule is COc1cc(C(=O)N2CCCC(N)C2)cc2c1N(CC1CC1)C(c1cc3cccc4c3n1CCN4CCCO)N2. The van der Waals surface area contributed by atoms with E-state index in [-0.39, 0.29) is 24.7 Å². The lowest BCUT2D eigenvalue weighted by Crippen LogP contribution is -2.45. The van der Waals surface area contributed by atoms with E-state index in [4.69, 9.17) is 10.5 Å². The topological polar surface area (TPSA) is 99.2 Å². The quantitative estimate of drug-likeness (QED) is 0.397. The fourth-order valence-electron chi connectivity index (χ4n) is 6.92. The number of nitrogens with one attached hydrogen (secondary N) is 1. The number of nitrogens with zero attached hydrogens (tertiary/aromatic N) is 4. The molecule has 1 aromatic heterocycles. The highest BCUT2D eigenvalue weighted by Gasteiger charge is 2.40. The van der Waals surface area contributed by atoms with Crippen LogP contribution in [0.4, 0.5) is 17.1 Å². The van der Waals surface area contributed by atoms with Crippen molar-refractivity contribution in [1.29, 1.82) is 0 Å². The van der Waals surface area contributed by atoms with Crippen LogP contribution in [0.25, 0.3) is 10.9 Å². The Bertz CT molecular complexity index is 1430. The van der Waals surface area contributed by atoms with Crippen molar-refractivity contribution in [3.8, 4) is 5.75 Å². The van der Waals surface area contributed by atoms with E-state index in [1.165, 1.54) is 35.1 Å². The summed E-state index contributed by atoms with van der Waals surface area (Å²) in [6.07, 6.45) is 5.12. The van der Waals surface area contributed by atoms with Gasteiger partial charge in [-0.15, -0.1) is 0 Å². The number of piperidine rings is 1. The summed E-state index contributed by atoms with van der Waals surface area (Å²) in [5, 5.41) is 14.5. The predicted octanol–water partition coefficient (Wildman–Crippen LogP) is 3.76. The molecule has 1 saturated heterocycles. The molecule has 212 valence electrons. The van der Waals surface area contributed by atoms with Crippen molar-refractivity contribution in [2.75, 3.05) is 61.6 Å². The first-order valence-electron chi connectivity index (χ1n) is 14.8. The largest absolute Gasteiger partial charge is 0.494 e. The predicted molar refractivity (Wildman–Crippen MR) is 158 cm³/mol. The minimum atomic E-state index is -0.0532. The second-order valence-electron chi connectivity index (χ2n) is 11.9. The van der Waals surface area contributed by atoms with Crippen molar-refractivity contribution >= 4 is 33.9 Å². The van der Waals surface area contributed by atoms with Crippen molar-refractivity contribution in [2.24, 2.45) is 11.7 Å². The molecule has 1 amide bonds. The third-order valence-electron chi connectivity index (χ3n) is 9.06. The fraction of sp³-hybridized carbons (Fsp3) is 0.516. The number of nitrogens with two attached hydrogens (primary N) is 1. The summed E-state index contributed by atoms with van der Waals surface area (Å²) in [7, 11) is 1.70. The summed E-state index contributed by atoms with van der Waals surface area (Å²) in [6, 6.07) is 12.8. The van der Waals surface area contributed by atoms with Crippen LogP contribution >= 0.6 is 0 Å². The number of methoxy groups -OCH3 is 1. The molecule has 9 nitrogen and oxygen atoms in total. The molecule has 4 aliphatic rings. The Labute approximate surface area is 235 Å². The van der Waals surface area contributed by atoms with E-state index in [2.05, 4.69) is 43.9 Å². The Balaban J connectivity index is 1.28. The number of anilines is 3. The number of para-hydroxylation sites is 1. The molecule has 2 aromatic carbocycles. The van der Waals surface area contributed by atoms with Gasteiger partial charge in [0.15, 0.2) is 0 Å². The van der Waals surface area contributed by atoms with E-state index in [1.807, 2.05) is 17.0 Å². The van der Waals surface area contributed by atoms with Gasteiger partial charge in [0.25, 0.3) is 5.91 Å². The molecule has 9 heteroatoms. The van der Waals surface area contributed by atoms with E-state index in [1.54, 1.807) is 7.11 Å². The number of fused-ring (bicyclic) bond motifs is 1. The van der Waals surface area contributed by atoms with Crippen LogP contribution in [0.5, 0.6) is 5.75 Å². The van der Waals surface area contributed by atoms with Crippen LogP contribution in [-0.4, -0.2) is 73.0 Å². The molecule has 7 rings (SSSR count). The maximum absolute atomic E-state index is 13.6. The van der Waals surface area contributed by atoms with E-state index in [0.29, 0.717) is 18.0 Å². The molecular weight excluding hydrogens is 504 g/mol. The van der Waals surface area contributed by atoms with Gasteiger partial charge in [-0.25, -0.2) is 0 Å². The number of amides is 1. The zero-order valence-electron chi connectivity index (χ0n) is 23.3. The second-order valence-corrected chi connectivity index (χ2v) is 11.9. The molecule has 2 unspecified atom stereocenters. The van der Waals surface area contributed by atoms with E-state index in [9.17, 15) is 9.90 Å².